The third kappa shape index (κ3) is 10.2. The highest BCUT2D eigenvalue weighted by molar-refractivity contribution is 6.08. The predicted octanol–water partition coefficient (Wildman–Crippen LogP) is 10.6. The Morgan fingerprint density at radius 2 is 1.22 bits per heavy atom. The summed E-state index contributed by atoms with van der Waals surface area (Å²) in [5.41, 5.74) is 15.3. The minimum atomic E-state index is 0.822. The summed E-state index contributed by atoms with van der Waals surface area (Å²) < 4.78 is 6.31. The summed E-state index contributed by atoms with van der Waals surface area (Å²) in [6.45, 7) is 12.6. The number of anilines is 2. The van der Waals surface area contributed by atoms with Crippen LogP contribution in [0.2, 0.25) is 0 Å². The lowest BCUT2D eigenvalue weighted by molar-refractivity contribution is 0.668. The summed E-state index contributed by atoms with van der Waals surface area (Å²) in [6, 6.07) is 42.6. The van der Waals surface area contributed by atoms with Crippen LogP contribution in [-0.2, 0) is 0 Å². The fourth-order valence-electron chi connectivity index (χ4n) is 5.05. The molecule has 7 rings (SSSR count). The highest BCUT2D eigenvalue weighted by Gasteiger charge is 2.13. The number of rotatable bonds is 2. The van der Waals surface area contributed by atoms with Crippen LogP contribution in [0.25, 0.3) is 27.5 Å². The Balaban J connectivity index is 0.000000277. The largest absolute Gasteiger partial charge is 0.455 e. The maximum absolute atomic E-state index is 6.31. The summed E-state index contributed by atoms with van der Waals surface area (Å²) in [5.74, 6) is 8.00. The van der Waals surface area contributed by atoms with Gasteiger partial charge in [0.05, 0.1) is 0 Å². The molecule has 5 aromatic carbocycles. The van der Waals surface area contributed by atoms with Crippen LogP contribution in [0.1, 0.15) is 16.7 Å². The molecule has 0 radical (unpaired) electrons. The minimum Gasteiger partial charge on any atom is -0.455 e. The highest BCUT2D eigenvalue weighted by atomic mass is 16.3. The molecule has 0 saturated carbocycles. The van der Waals surface area contributed by atoms with Crippen LogP contribution in [0.15, 0.2) is 199 Å². The van der Waals surface area contributed by atoms with E-state index in [0.29, 0.717) is 0 Å². The van der Waals surface area contributed by atoms with Gasteiger partial charge in [0.25, 0.3) is 0 Å². The van der Waals surface area contributed by atoms with Crippen molar-refractivity contribution < 1.29 is 4.42 Å². The van der Waals surface area contributed by atoms with Crippen molar-refractivity contribution in [2.45, 2.75) is 13.8 Å². The zero-order valence-electron chi connectivity index (χ0n) is 28.2. The number of allylic oxidation sites excluding steroid dienone is 8. The predicted molar refractivity (Wildman–Crippen MR) is 211 cm³/mol. The Morgan fingerprint density at radius 3 is 1.88 bits per heavy atom. The van der Waals surface area contributed by atoms with Crippen LogP contribution in [-0.4, -0.2) is 0 Å². The maximum Gasteiger partial charge on any atom is 0.143 e. The van der Waals surface area contributed by atoms with Crippen LogP contribution < -0.4 is 22.3 Å². The number of fused-ring (bicyclic) bond motifs is 3. The van der Waals surface area contributed by atoms with E-state index in [1.807, 2.05) is 91.2 Å². The molecule has 49 heavy (non-hydrogen) atoms. The van der Waals surface area contributed by atoms with Crippen LogP contribution in [0.3, 0.4) is 0 Å². The van der Waals surface area contributed by atoms with Crippen molar-refractivity contribution in [3.8, 4) is 0 Å². The van der Waals surface area contributed by atoms with E-state index in [1.54, 1.807) is 0 Å². The van der Waals surface area contributed by atoms with Crippen molar-refractivity contribution in [3.63, 3.8) is 0 Å². The van der Waals surface area contributed by atoms with Crippen LogP contribution in [0, 0.1) is 13.8 Å². The first-order valence-electron chi connectivity index (χ1n) is 15.9. The van der Waals surface area contributed by atoms with E-state index in [-0.39, 0.29) is 0 Å². The molecule has 6 aromatic rings. The summed E-state index contributed by atoms with van der Waals surface area (Å²) in [7, 11) is 0. The van der Waals surface area contributed by atoms with E-state index < -0.39 is 0 Å². The van der Waals surface area contributed by atoms with Crippen LogP contribution in [0.4, 0.5) is 11.4 Å². The second-order valence-electron chi connectivity index (χ2n) is 11.3. The maximum atomic E-state index is 6.31. The first-order valence-corrected chi connectivity index (χ1v) is 15.9. The van der Waals surface area contributed by atoms with Crippen LogP contribution >= 0.6 is 0 Å². The topological polar surface area (TPSA) is 94.4 Å². The van der Waals surface area contributed by atoms with Gasteiger partial charge in [0.1, 0.15) is 11.2 Å². The summed E-state index contributed by atoms with van der Waals surface area (Å²) in [4.78, 5) is 2.11. The molecule has 246 valence electrons. The zero-order chi connectivity index (χ0) is 35.0. The second kappa shape index (κ2) is 18.3. The molecule has 2 heterocycles. The van der Waals surface area contributed by atoms with Gasteiger partial charge in [-0.15, -0.1) is 0 Å². The molecule has 0 amide bonds. The molecule has 0 bridgehead atoms. The fraction of sp³-hybridized carbons (Fsp3) is 0.0455. The van der Waals surface area contributed by atoms with Crippen molar-refractivity contribution in [2.75, 3.05) is 10.6 Å². The van der Waals surface area contributed by atoms with Gasteiger partial charge in [-0.2, -0.15) is 0 Å². The smallest absolute Gasteiger partial charge is 0.143 e. The normalized spacial score (nSPS) is 15.5. The monoisotopic (exact) mass is 644 g/mol. The summed E-state index contributed by atoms with van der Waals surface area (Å²) in [6.07, 6.45) is 14.3. The molecule has 0 unspecified atom stereocenters. The van der Waals surface area contributed by atoms with Gasteiger partial charge in [0.2, 0.25) is 0 Å². The number of nitrogens with two attached hydrogens (primary N) is 3. The summed E-state index contributed by atoms with van der Waals surface area (Å²) in [5, 5.41) is 2.22. The van der Waals surface area contributed by atoms with E-state index >= 15 is 0 Å². The fourth-order valence-corrected chi connectivity index (χ4v) is 5.05. The molecule has 0 aliphatic carbocycles. The minimum absolute atomic E-state index is 0.822. The lowest BCUT2D eigenvalue weighted by Crippen LogP contribution is -2.06. The zero-order valence-corrected chi connectivity index (χ0v) is 28.2. The molecule has 0 spiro atoms. The number of hydrogen-bond donors (Lipinski definition) is 3. The number of para-hydroxylation sites is 3. The highest BCUT2D eigenvalue weighted by Crippen LogP contribution is 2.35. The van der Waals surface area contributed by atoms with Gasteiger partial charge in [-0.05, 0) is 84.7 Å². The number of furan rings is 1. The van der Waals surface area contributed by atoms with Gasteiger partial charge >= 0.3 is 0 Å². The average molecular weight is 645 g/mol. The molecule has 0 atom stereocenters. The molecule has 1 aliphatic heterocycles. The number of nitrogen functional groups attached to an aromatic ring is 1. The molecular formula is C44H44N4O. The Hall–Kier alpha value is -6.14. The number of nitrogens with zero attached hydrogens (tertiary/aromatic N) is 1. The number of hydrazine groups is 1. The van der Waals surface area contributed by atoms with Crippen LogP contribution in [0.5, 0.6) is 0 Å². The quantitative estimate of drug-likeness (QED) is 0.0990. The van der Waals surface area contributed by atoms with E-state index in [9.17, 15) is 0 Å². The second-order valence-corrected chi connectivity index (χ2v) is 11.3. The average Bonchev–Trinajstić information content (AvgIpc) is 3.50. The standard InChI is InChI=1S/C31H25NO.C7H8.C6H7N.H4N2/c1-22-10-8-12-26(20-22)32-18-7-6-11-23(2)24(3)21-25(17-19-32)27-14-9-15-29-28-13-4-5-16-30(28)33-31(27)29;1-7-5-3-2-4-6-7;7-6-4-2-1-3-5-6;1-2/h4-21H,2-3H2,1H3;2-6H,1H3;1-5H,7H2;1-2H2/b11-6-,18-7-,19-17-,25-21+;;;. The van der Waals surface area contributed by atoms with E-state index in [0.717, 1.165) is 55.6 Å². The Kier molecular flexibility index (Phi) is 13.3. The number of hydrogen-bond acceptors (Lipinski definition) is 5. The Labute approximate surface area is 289 Å². The molecule has 0 saturated heterocycles. The molecular weight excluding hydrogens is 601 g/mol. The van der Waals surface area contributed by atoms with Crippen molar-refractivity contribution >= 4 is 38.9 Å². The first-order chi connectivity index (χ1) is 23.9. The van der Waals surface area contributed by atoms with Crippen molar-refractivity contribution in [1.29, 1.82) is 0 Å². The molecule has 1 aliphatic rings. The molecule has 6 N–H and O–H groups in total. The molecule has 1 aromatic heterocycles. The van der Waals surface area contributed by atoms with Gasteiger partial charge in [-0.1, -0.05) is 128 Å². The summed E-state index contributed by atoms with van der Waals surface area (Å²) >= 11 is 0. The molecule has 0 fully saturated rings. The lowest BCUT2D eigenvalue weighted by Gasteiger charge is -2.16. The van der Waals surface area contributed by atoms with Crippen molar-refractivity contribution in [1.82, 2.24) is 0 Å². The van der Waals surface area contributed by atoms with E-state index in [4.69, 9.17) is 10.2 Å². The molecule has 5 nitrogen and oxygen atoms in total. The van der Waals surface area contributed by atoms with E-state index in [1.165, 1.54) is 11.1 Å². The third-order valence-electron chi connectivity index (χ3n) is 7.57. The van der Waals surface area contributed by atoms with Crippen molar-refractivity contribution in [2.24, 2.45) is 11.7 Å². The van der Waals surface area contributed by atoms with Gasteiger partial charge in [0, 0.05) is 40.1 Å². The van der Waals surface area contributed by atoms with Crippen molar-refractivity contribution in [3.05, 3.63) is 211 Å². The van der Waals surface area contributed by atoms with Gasteiger partial charge in [-0.25, -0.2) is 0 Å². The van der Waals surface area contributed by atoms with Gasteiger partial charge in [0.15, 0.2) is 0 Å². The Bertz CT molecular complexity index is 2060. The number of benzene rings is 5. The van der Waals surface area contributed by atoms with Gasteiger partial charge in [-0.3, -0.25) is 11.7 Å². The third-order valence-corrected chi connectivity index (χ3v) is 7.57. The first kappa shape index (κ1) is 35.7. The Morgan fingerprint density at radius 1 is 0.592 bits per heavy atom. The SMILES string of the molecule is C=C1/C=C\C=C/N(c2cccc(C)c2)/C=C\C(c2cccc3c2oc2ccccc23)=C/C1=C.Cc1ccccc1.NN.Nc1ccccc1. The van der Waals surface area contributed by atoms with Gasteiger partial charge < -0.3 is 15.1 Å². The van der Waals surface area contributed by atoms with E-state index in [2.05, 4.69) is 123 Å². The number of aryl methyl sites for hydroxylation is 2. The molecule has 5 heteroatoms. The lowest BCUT2D eigenvalue weighted by atomic mass is 9.98.